The van der Waals surface area contributed by atoms with E-state index in [2.05, 4.69) is 9.97 Å². The number of aryl methyl sites for hydroxylation is 1. The Balaban J connectivity index is 2.07. The Kier molecular flexibility index (Phi) is 2.41. The van der Waals surface area contributed by atoms with Crippen LogP contribution in [0.4, 0.5) is 0 Å². The van der Waals surface area contributed by atoms with Crippen molar-refractivity contribution in [2.45, 2.75) is 6.92 Å². The molecule has 0 spiro atoms. The molecule has 0 aliphatic heterocycles. The molecule has 0 radical (unpaired) electrons. The molecule has 0 atom stereocenters. The van der Waals surface area contributed by atoms with Gasteiger partial charge < -0.3 is 4.42 Å². The minimum atomic E-state index is -0.301. The van der Waals surface area contributed by atoms with Crippen molar-refractivity contribution in [2.24, 2.45) is 0 Å². The highest BCUT2D eigenvalue weighted by atomic mass is 16.3. The van der Waals surface area contributed by atoms with E-state index in [9.17, 15) is 4.79 Å². The summed E-state index contributed by atoms with van der Waals surface area (Å²) in [4.78, 5) is 19.9. The number of fused-ring (bicyclic) bond motifs is 1. The standard InChI is InChI=1S/C14H10N2O2/c1-9-3-4-11-10(7-9)8-12(18-11)13(17)14-15-5-2-6-16-14/h2-8H,1H3. The predicted octanol–water partition coefficient (Wildman–Crippen LogP) is 2.76. The van der Waals surface area contributed by atoms with Crippen molar-refractivity contribution in [3.8, 4) is 0 Å². The molecule has 0 saturated heterocycles. The zero-order valence-corrected chi connectivity index (χ0v) is 9.75. The van der Waals surface area contributed by atoms with Crippen molar-refractivity contribution in [1.29, 1.82) is 0 Å². The van der Waals surface area contributed by atoms with Gasteiger partial charge in [-0.15, -0.1) is 0 Å². The SMILES string of the molecule is Cc1ccc2oc(C(=O)c3ncccn3)cc2c1. The van der Waals surface area contributed by atoms with Gasteiger partial charge in [0.25, 0.3) is 5.78 Å². The van der Waals surface area contributed by atoms with Gasteiger partial charge in [0, 0.05) is 17.8 Å². The van der Waals surface area contributed by atoms with E-state index in [1.54, 1.807) is 12.1 Å². The number of ketones is 1. The van der Waals surface area contributed by atoms with Crippen LogP contribution in [0.25, 0.3) is 11.0 Å². The fraction of sp³-hybridized carbons (Fsp3) is 0.0714. The minimum absolute atomic E-state index is 0.147. The first-order valence-electron chi connectivity index (χ1n) is 5.56. The van der Waals surface area contributed by atoms with Crippen LogP contribution in [0.15, 0.2) is 47.1 Å². The van der Waals surface area contributed by atoms with Crippen LogP contribution in [-0.4, -0.2) is 15.8 Å². The van der Waals surface area contributed by atoms with Crippen molar-refractivity contribution >= 4 is 16.8 Å². The molecule has 0 N–H and O–H groups in total. The molecule has 0 saturated carbocycles. The monoisotopic (exact) mass is 238 g/mol. The molecule has 3 rings (SSSR count). The van der Waals surface area contributed by atoms with E-state index >= 15 is 0 Å². The summed E-state index contributed by atoms with van der Waals surface area (Å²) in [6.45, 7) is 1.99. The molecule has 18 heavy (non-hydrogen) atoms. The Labute approximate surface area is 103 Å². The lowest BCUT2D eigenvalue weighted by atomic mass is 10.2. The highest BCUT2D eigenvalue weighted by molar-refractivity contribution is 6.06. The first-order chi connectivity index (χ1) is 8.74. The maximum absolute atomic E-state index is 12.1. The summed E-state index contributed by atoms with van der Waals surface area (Å²) in [6.07, 6.45) is 3.07. The number of furan rings is 1. The van der Waals surface area contributed by atoms with Crippen molar-refractivity contribution in [3.63, 3.8) is 0 Å². The van der Waals surface area contributed by atoms with Crippen LogP contribution in [-0.2, 0) is 0 Å². The first kappa shape index (κ1) is 10.7. The molecule has 3 aromatic rings. The first-order valence-corrected chi connectivity index (χ1v) is 5.56. The minimum Gasteiger partial charge on any atom is -0.452 e. The topological polar surface area (TPSA) is 56.0 Å². The van der Waals surface area contributed by atoms with Crippen molar-refractivity contribution in [2.75, 3.05) is 0 Å². The van der Waals surface area contributed by atoms with E-state index in [1.165, 1.54) is 12.4 Å². The fourth-order valence-electron chi connectivity index (χ4n) is 1.80. The van der Waals surface area contributed by atoms with E-state index < -0.39 is 0 Å². The number of nitrogens with zero attached hydrogens (tertiary/aromatic N) is 2. The molecular weight excluding hydrogens is 228 g/mol. The van der Waals surface area contributed by atoms with E-state index in [0.717, 1.165) is 10.9 Å². The van der Waals surface area contributed by atoms with Crippen LogP contribution in [0, 0.1) is 6.92 Å². The van der Waals surface area contributed by atoms with Crippen LogP contribution in [0.3, 0.4) is 0 Å². The third-order valence-electron chi connectivity index (χ3n) is 2.66. The van der Waals surface area contributed by atoms with Gasteiger partial charge >= 0.3 is 0 Å². The summed E-state index contributed by atoms with van der Waals surface area (Å²) in [6, 6.07) is 9.16. The Morgan fingerprint density at radius 3 is 2.72 bits per heavy atom. The molecule has 88 valence electrons. The van der Waals surface area contributed by atoms with Gasteiger partial charge in [-0.1, -0.05) is 11.6 Å². The molecule has 4 heteroatoms. The van der Waals surface area contributed by atoms with E-state index in [1.807, 2.05) is 25.1 Å². The van der Waals surface area contributed by atoms with Crippen LogP contribution in [0.5, 0.6) is 0 Å². The van der Waals surface area contributed by atoms with Gasteiger partial charge in [0.1, 0.15) is 5.58 Å². The summed E-state index contributed by atoms with van der Waals surface area (Å²) in [5.74, 6) is 0.111. The number of hydrogen-bond donors (Lipinski definition) is 0. The summed E-state index contributed by atoms with van der Waals surface area (Å²) in [7, 11) is 0. The van der Waals surface area contributed by atoms with Gasteiger partial charge in [-0.05, 0) is 31.2 Å². The number of carbonyl (C=O) groups excluding carboxylic acids is 1. The van der Waals surface area contributed by atoms with Crippen LogP contribution in [0.2, 0.25) is 0 Å². The lowest BCUT2D eigenvalue weighted by molar-refractivity contribution is 0.100. The molecule has 0 bridgehead atoms. The summed E-state index contributed by atoms with van der Waals surface area (Å²) < 4.78 is 5.51. The summed E-state index contributed by atoms with van der Waals surface area (Å²) in [5, 5.41) is 0.911. The Morgan fingerprint density at radius 2 is 1.94 bits per heavy atom. The lowest BCUT2D eigenvalue weighted by Gasteiger charge is -1.93. The molecule has 0 amide bonds. The zero-order chi connectivity index (χ0) is 12.5. The van der Waals surface area contributed by atoms with E-state index in [4.69, 9.17) is 4.42 Å². The normalized spacial score (nSPS) is 10.7. The number of rotatable bonds is 2. The van der Waals surface area contributed by atoms with Crippen LogP contribution in [0.1, 0.15) is 21.9 Å². The molecular formula is C14H10N2O2. The molecule has 0 unspecified atom stereocenters. The van der Waals surface area contributed by atoms with Gasteiger partial charge in [-0.25, -0.2) is 9.97 Å². The number of hydrogen-bond acceptors (Lipinski definition) is 4. The summed E-state index contributed by atoms with van der Waals surface area (Å²) >= 11 is 0. The van der Waals surface area contributed by atoms with E-state index in [-0.39, 0.29) is 17.4 Å². The number of carbonyl (C=O) groups is 1. The van der Waals surface area contributed by atoms with Gasteiger partial charge in [-0.3, -0.25) is 4.79 Å². The van der Waals surface area contributed by atoms with Crippen molar-refractivity contribution in [1.82, 2.24) is 9.97 Å². The predicted molar refractivity (Wildman–Crippen MR) is 66.4 cm³/mol. The molecule has 1 aromatic carbocycles. The Morgan fingerprint density at radius 1 is 1.17 bits per heavy atom. The third-order valence-corrected chi connectivity index (χ3v) is 2.66. The van der Waals surface area contributed by atoms with Crippen LogP contribution >= 0.6 is 0 Å². The second-order valence-electron chi connectivity index (χ2n) is 4.05. The van der Waals surface area contributed by atoms with Gasteiger partial charge in [0.15, 0.2) is 5.76 Å². The molecule has 2 aromatic heterocycles. The maximum atomic E-state index is 12.1. The average molecular weight is 238 g/mol. The second-order valence-corrected chi connectivity index (χ2v) is 4.05. The quantitative estimate of drug-likeness (QED) is 0.644. The fourth-order valence-corrected chi connectivity index (χ4v) is 1.80. The van der Waals surface area contributed by atoms with Crippen molar-refractivity contribution in [3.05, 3.63) is 59.9 Å². The molecule has 2 heterocycles. The number of benzene rings is 1. The molecule has 0 fully saturated rings. The third kappa shape index (κ3) is 1.78. The highest BCUT2D eigenvalue weighted by Gasteiger charge is 2.16. The number of aromatic nitrogens is 2. The van der Waals surface area contributed by atoms with Gasteiger partial charge in [-0.2, -0.15) is 0 Å². The van der Waals surface area contributed by atoms with Crippen molar-refractivity contribution < 1.29 is 9.21 Å². The molecule has 4 nitrogen and oxygen atoms in total. The molecule has 0 aliphatic rings. The second kappa shape index (κ2) is 4.07. The Bertz CT molecular complexity index is 717. The lowest BCUT2D eigenvalue weighted by Crippen LogP contribution is -2.04. The maximum Gasteiger partial charge on any atom is 0.265 e. The Hall–Kier alpha value is -2.49. The zero-order valence-electron chi connectivity index (χ0n) is 9.75. The van der Waals surface area contributed by atoms with Crippen LogP contribution < -0.4 is 0 Å². The summed E-state index contributed by atoms with van der Waals surface area (Å²) in [5.41, 5.74) is 1.82. The van der Waals surface area contributed by atoms with Gasteiger partial charge in [0.05, 0.1) is 0 Å². The average Bonchev–Trinajstić information content (AvgIpc) is 2.81. The van der Waals surface area contributed by atoms with Gasteiger partial charge in [0.2, 0.25) is 5.82 Å². The largest absolute Gasteiger partial charge is 0.452 e. The molecule has 0 aliphatic carbocycles. The van der Waals surface area contributed by atoms with E-state index in [0.29, 0.717) is 5.58 Å². The smallest absolute Gasteiger partial charge is 0.265 e. The highest BCUT2D eigenvalue weighted by Crippen LogP contribution is 2.21.